The lowest BCUT2D eigenvalue weighted by Gasteiger charge is -2.13. The van der Waals surface area contributed by atoms with Gasteiger partial charge >= 0.3 is 5.69 Å². The molecule has 0 aliphatic carbocycles. The average molecular weight is 393 g/mol. The number of nitrogens with zero attached hydrogens (tertiary/aromatic N) is 3. The second-order valence-electron chi connectivity index (χ2n) is 6.92. The number of fused-ring (bicyclic) bond motifs is 1. The van der Waals surface area contributed by atoms with Crippen LogP contribution in [0.5, 0.6) is 5.75 Å². The molecular weight excluding hydrogens is 373 g/mol. The van der Waals surface area contributed by atoms with Crippen LogP contribution in [0, 0.1) is 5.82 Å². The van der Waals surface area contributed by atoms with E-state index in [0.29, 0.717) is 16.6 Å². The van der Waals surface area contributed by atoms with Gasteiger partial charge in [-0.1, -0.05) is 36.4 Å². The quantitative estimate of drug-likeness (QED) is 0.536. The molecule has 29 heavy (non-hydrogen) atoms. The van der Waals surface area contributed by atoms with E-state index in [1.165, 1.54) is 30.9 Å². The van der Waals surface area contributed by atoms with Crippen LogP contribution in [-0.2, 0) is 20.6 Å². The second kappa shape index (κ2) is 7.09. The van der Waals surface area contributed by atoms with E-state index in [-0.39, 0.29) is 17.9 Å². The molecule has 0 radical (unpaired) electrons. The first kappa shape index (κ1) is 18.7. The molecular formula is C22H20FN3O3. The summed E-state index contributed by atoms with van der Waals surface area (Å²) in [5.41, 5.74) is 2.37. The Morgan fingerprint density at radius 1 is 1.00 bits per heavy atom. The minimum absolute atomic E-state index is 0.119. The highest BCUT2D eigenvalue weighted by Gasteiger charge is 2.19. The monoisotopic (exact) mass is 393 g/mol. The Hall–Kier alpha value is -3.61. The molecule has 0 unspecified atom stereocenters. The first-order valence-electron chi connectivity index (χ1n) is 9.09. The van der Waals surface area contributed by atoms with Crippen molar-refractivity contribution in [3.05, 3.63) is 86.9 Å². The van der Waals surface area contributed by atoms with Gasteiger partial charge in [-0.3, -0.25) is 13.9 Å². The summed E-state index contributed by atoms with van der Waals surface area (Å²) in [5, 5.41) is 0. The molecule has 2 aromatic carbocycles. The molecule has 4 rings (SSSR count). The zero-order valence-electron chi connectivity index (χ0n) is 16.3. The van der Waals surface area contributed by atoms with Gasteiger partial charge in [0.1, 0.15) is 5.52 Å². The molecule has 0 saturated carbocycles. The Morgan fingerprint density at radius 3 is 2.38 bits per heavy atom. The Morgan fingerprint density at radius 2 is 1.72 bits per heavy atom. The van der Waals surface area contributed by atoms with Gasteiger partial charge in [-0.25, -0.2) is 9.18 Å². The van der Waals surface area contributed by atoms with Crippen molar-refractivity contribution in [1.29, 1.82) is 0 Å². The molecule has 0 saturated heterocycles. The van der Waals surface area contributed by atoms with Crippen LogP contribution in [-0.4, -0.2) is 20.8 Å². The summed E-state index contributed by atoms with van der Waals surface area (Å²) in [6.07, 6.45) is 1.84. The number of benzene rings is 2. The average Bonchev–Trinajstić information content (AvgIpc) is 3.07. The molecule has 6 nitrogen and oxygen atoms in total. The SMILES string of the molecule is COc1ccc(Cn2c(=O)n(C)c(=O)c3c2c(-c2ccccc2)cn3C)cc1F. The number of ether oxygens (including phenoxy) is 1. The fourth-order valence-corrected chi connectivity index (χ4v) is 3.63. The number of hydrogen-bond donors (Lipinski definition) is 0. The number of rotatable bonds is 4. The fourth-order valence-electron chi connectivity index (χ4n) is 3.63. The van der Waals surface area contributed by atoms with E-state index in [1.807, 2.05) is 36.5 Å². The maximum absolute atomic E-state index is 14.2. The molecule has 0 amide bonds. The Balaban J connectivity index is 2.01. The van der Waals surface area contributed by atoms with Gasteiger partial charge in [0.15, 0.2) is 11.6 Å². The van der Waals surface area contributed by atoms with Crippen molar-refractivity contribution in [3.63, 3.8) is 0 Å². The first-order valence-corrected chi connectivity index (χ1v) is 9.09. The summed E-state index contributed by atoms with van der Waals surface area (Å²) in [7, 11) is 4.62. The smallest absolute Gasteiger partial charge is 0.331 e. The normalized spacial score (nSPS) is 11.2. The van der Waals surface area contributed by atoms with Crippen LogP contribution in [0.15, 0.2) is 64.3 Å². The topological polar surface area (TPSA) is 58.2 Å². The molecule has 7 heteroatoms. The molecule has 0 fully saturated rings. The van der Waals surface area contributed by atoms with Crippen LogP contribution in [0.3, 0.4) is 0 Å². The molecule has 2 heterocycles. The molecule has 2 aromatic heterocycles. The predicted molar refractivity (Wildman–Crippen MR) is 110 cm³/mol. The summed E-state index contributed by atoms with van der Waals surface area (Å²) in [5.74, 6) is -0.369. The summed E-state index contributed by atoms with van der Waals surface area (Å²) in [6.45, 7) is 0.119. The maximum atomic E-state index is 14.2. The van der Waals surface area contributed by atoms with Crippen molar-refractivity contribution in [2.45, 2.75) is 6.54 Å². The molecule has 0 atom stereocenters. The van der Waals surface area contributed by atoms with E-state index in [1.54, 1.807) is 17.7 Å². The summed E-state index contributed by atoms with van der Waals surface area (Å²) < 4.78 is 23.5. The van der Waals surface area contributed by atoms with Crippen molar-refractivity contribution in [2.24, 2.45) is 14.1 Å². The van der Waals surface area contributed by atoms with E-state index in [0.717, 1.165) is 15.7 Å². The molecule has 0 spiro atoms. The molecule has 0 N–H and O–H groups in total. The van der Waals surface area contributed by atoms with Gasteiger partial charge in [0.25, 0.3) is 5.56 Å². The molecule has 0 aliphatic rings. The van der Waals surface area contributed by atoms with Crippen LogP contribution < -0.4 is 16.0 Å². The third-order valence-corrected chi connectivity index (χ3v) is 5.09. The van der Waals surface area contributed by atoms with Crippen molar-refractivity contribution in [2.75, 3.05) is 7.11 Å². The lowest BCUT2D eigenvalue weighted by atomic mass is 10.1. The standard InChI is InChI=1S/C22H20FN3O3/c1-24-13-16(15-7-5-4-6-8-15)19-20(24)21(27)25(2)22(28)26(19)12-14-9-10-18(29-3)17(23)11-14/h4-11,13H,12H2,1-3H3. The largest absolute Gasteiger partial charge is 0.494 e. The van der Waals surface area contributed by atoms with Gasteiger partial charge in [0.2, 0.25) is 0 Å². The summed E-state index contributed by atoms with van der Waals surface area (Å²) in [6, 6.07) is 14.1. The highest BCUT2D eigenvalue weighted by Crippen LogP contribution is 2.28. The predicted octanol–water partition coefficient (Wildman–Crippen LogP) is 2.90. The minimum Gasteiger partial charge on any atom is -0.494 e. The van der Waals surface area contributed by atoms with Crippen molar-refractivity contribution in [3.8, 4) is 16.9 Å². The van der Waals surface area contributed by atoms with Crippen molar-refractivity contribution >= 4 is 11.0 Å². The highest BCUT2D eigenvalue weighted by atomic mass is 19.1. The van der Waals surface area contributed by atoms with E-state index in [2.05, 4.69) is 0 Å². The lowest BCUT2D eigenvalue weighted by molar-refractivity contribution is 0.386. The van der Waals surface area contributed by atoms with Crippen molar-refractivity contribution < 1.29 is 9.13 Å². The van der Waals surface area contributed by atoms with Crippen LogP contribution in [0.1, 0.15) is 5.56 Å². The van der Waals surface area contributed by atoms with Gasteiger partial charge in [-0.15, -0.1) is 0 Å². The Kier molecular flexibility index (Phi) is 4.58. The lowest BCUT2D eigenvalue weighted by Crippen LogP contribution is -2.38. The molecule has 0 aliphatic heterocycles. The van der Waals surface area contributed by atoms with E-state index in [9.17, 15) is 14.0 Å². The van der Waals surface area contributed by atoms with Crippen LogP contribution in [0.2, 0.25) is 0 Å². The second-order valence-corrected chi connectivity index (χ2v) is 6.92. The van der Waals surface area contributed by atoms with Gasteiger partial charge in [0.05, 0.1) is 19.2 Å². The number of methoxy groups -OCH3 is 1. The molecule has 0 bridgehead atoms. The fraction of sp³-hybridized carbons (Fsp3) is 0.182. The summed E-state index contributed by atoms with van der Waals surface area (Å²) in [4.78, 5) is 25.8. The van der Waals surface area contributed by atoms with Crippen LogP contribution >= 0.6 is 0 Å². The van der Waals surface area contributed by atoms with E-state index >= 15 is 0 Å². The third kappa shape index (κ3) is 3.04. The van der Waals surface area contributed by atoms with Gasteiger partial charge < -0.3 is 9.30 Å². The Bertz CT molecular complexity index is 1330. The van der Waals surface area contributed by atoms with E-state index < -0.39 is 11.5 Å². The molecule has 4 aromatic rings. The zero-order chi connectivity index (χ0) is 20.7. The van der Waals surface area contributed by atoms with Crippen molar-refractivity contribution in [1.82, 2.24) is 13.7 Å². The van der Waals surface area contributed by atoms with Gasteiger partial charge in [-0.2, -0.15) is 0 Å². The number of aromatic nitrogens is 3. The maximum Gasteiger partial charge on any atom is 0.331 e. The zero-order valence-corrected chi connectivity index (χ0v) is 16.3. The third-order valence-electron chi connectivity index (χ3n) is 5.09. The minimum atomic E-state index is -0.504. The Labute approximate surface area is 166 Å². The summed E-state index contributed by atoms with van der Waals surface area (Å²) >= 11 is 0. The number of halogens is 1. The first-order chi connectivity index (χ1) is 13.9. The van der Waals surface area contributed by atoms with Crippen LogP contribution in [0.25, 0.3) is 22.2 Å². The highest BCUT2D eigenvalue weighted by molar-refractivity contribution is 5.93. The van der Waals surface area contributed by atoms with Crippen LogP contribution in [0.4, 0.5) is 4.39 Å². The number of hydrogen-bond acceptors (Lipinski definition) is 3. The van der Waals surface area contributed by atoms with Gasteiger partial charge in [0, 0.05) is 25.9 Å². The molecule has 148 valence electrons. The number of aryl methyl sites for hydroxylation is 1. The van der Waals surface area contributed by atoms with E-state index in [4.69, 9.17) is 4.74 Å². The van der Waals surface area contributed by atoms with Gasteiger partial charge in [-0.05, 0) is 23.3 Å².